The van der Waals surface area contributed by atoms with Crippen LogP contribution in [0.2, 0.25) is 0 Å². The smallest absolute Gasteiger partial charge is 0.164 e. The van der Waals surface area contributed by atoms with Crippen LogP contribution in [-0.4, -0.2) is 47.7 Å². The highest BCUT2D eigenvalue weighted by molar-refractivity contribution is 5.03. The third kappa shape index (κ3) is 6.04. The normalized spacial score (nSPS) is 34.2. The summed E-state index contributed by atoms with van der Waals surface area (Å²) in [5, 5.41) is 9.64. The van der Waals surface area contributed by atoms with Crippen molar-refractivity contribution in [3.8, 4) is 0 Å². The van der Waals surface area contributed by atoms with Gasteiger partial charge in [0.15, 0.2) is 11.6 Å². The Hall–Kier alpha value is -0.460. The first-order valence-corrected chi connectivity index (χ1v) is 9.77. The SMILES string of the molecule is CCCCCCC/C=C\[C@@H]1OC(C)(C)O[C@H]1[C@H]1OC(C)(C)O[C@@H]1CO. The zero-order valence-electron chi connectivity index (χ0n) is 16.5. The Morgan fingerprint density at radius 2 is 1.48 bits per heavy atom. The van der Waals surface area contributed by atoms with Crippen molar-refractivity contribution in [2.24, 2.45) is 0 Å². The lowest BCUT2D eigenvalue weighted by Crippen LogP contribution is -2.42. The Kier molecular flexibility index (Phi) is 7.47. The first-order valence-electron chi connectivity index (χ1n) is 9.77. The molecule has 0 aromatic heterocycles. The molecular formula is C20H36O5. The van der Waals surface area contributed by atoms with Gasteiger partial charge in [0.25, 0.3) is 0 Å². The second-order valence-electron chi connectivity index (χ2n) is 8.02. The van der Waals surface area contributed by atoms with Crippen molar-refractivity contribution in [2.45, 2.75) is 109 Å². The maximum atomic E-state index is 9.64. The van der Waals surface area contributed by atoms with Crippen LogP contribution in [-0.2, 0) is 18.9 Å². The zero-order valence-corrected chi connectivity index (χ0v) is 16.5. The summed E-state index contributed by atoms with van der Waals surface area (Å²) >= 11 is 0. The molecule has 2 aliphatic rings. The molecule has 0 spiro atoms. The van der Waals surface area contributed by atoms with Gasteiger partial charge in [0, 0.05) is 0 Å². The number of hydrogen-bond donors (Lipinski definition) is 1. The third-order valence-corrected chi connectivity index (χ3v) is 4.69. The van der Waals surface area contributed by atoms with Gasteiger partial charge in [0.2, 0.25) is 0 Å². The molecule has 146 valence electrons. The van der Waals surface area contributed by atoms with E-state index in [4.69, 9.17) is 18.9 Å². The molecule has 2 saturated heterocycles. The van der Waals surface area contributed by atoms with Crippen LogP contribution >= 0.6 is 0 Å². The quantitative estimate of drug-likeness (QED) is 0.501. The van der Waals surface area contributed by atoms with Gasteiger partial charge >= 0.3 is 0 Å². The van der Waals surface area contributed by atoms with E-state index in [0.717, 1.165) is 6.42 Å². The molecule has 0 radical (unpaired) electrons. The predicted octanol–water partition coefficient (Wildman–Crippen LogP) is 3.94. The Morgan fingerprint density at radius 3 is 2.16 bits per heavy atom. The second kappa shape index (κ2) is 8.96. The molecule has 4 atom stereocenters. The largest absolute Gasteiger partial charge is 0.394 e. The topological polar surface area (TPSA) is 57.2 Å². The van der Waals surface area contributed by atoms with Gasteiger partial charge in [-0.1, -0.05) is 44.8 Å². The molecule has 5 nitrogen and oxygen atoms in total. The highest BCUT2D eigenvalue weighted by Gasteiger charge is 2.52. The number of rotatable bonds is 9. The number of aliphatic hydroxyl groups excluding tert-OH is 1. The molecule has 0 aromatic carbocycles. The van der Waals surface area contributed by atoms with Crippen molar-refractivity contribution in [3.05, 3.63) is 12.2 Å². The van der Waals surface area contributed by atoms with Gasteiger partial charge in [-0.3, -0.25) is 0 Å². The van der Waals surface area contributed by atoms with Crippen molar-refractivity contribution >= 4 is 0 Å². The molecule has 0 aromatic rings. The zero-order chi connectivity index (χ0) is 18.5. The summed E-state index contributed by atoms with van der Waals surface area (Å²) in [5.41, 5.74) is 0. The van der Waals surface area contributed by atoms with Gasteiger partial charge in [-0.2, -0.15) is 0 Å². The number of hydrogen-bond acceptors (Lipinski definition) is 5. The first kappa shape index (κ1) is 20.8. The number of unbranched alkanes of at least 4 members (excludes halogenated alkanes) is 5. The Balaban J connectivity index is 1.93. The van der Waals surface area contributed by atoms with Crippen molar-refractivity contribution < 1.29 is 24.1 Å². The van der Waals surface area contributed by atoms with E-state index in [1.54, 1.807) is 0 Å². The van der Waals surface area contributed by atoms with Gasteiger partial charge in [0.1, 0.15) is 24.4 Å². The second-order valence-corrected chi connectivity index (χ2v) is 8.02. The molecule has 2 rings (SSSR count). The minimum atomic E-state index is -0.721. The summed E-state index contributed by atoms with van der Waals surface area (Å²) in [6.45, 7) is 9.67. The first-order chi connectivity index (χ1) is 11.8. The van der Waals surface area contributed by atoms with Gasteiger partial charge in [0.05, 0.1) is 6.61 Å². The van der Waals surface area contributed by atoms with E-state index in [-0.39, 0.29) is 24.9 Å². The summed E-state index contributed by atoms with van der Waals surface area (Å²) in [4.78, 5) is 0. The van der Waals surface area contributed by atoms with Gasteiger partial charge in [-0.25, -0.2) is 0 Å². The highest BCUT2D eigenvalue weighted by atomic mass is 16.8. The average Bonchev–Trinajstić information content (AvgIpc) is 3.01. The molecule has 0 saturated carbocycles. The summed E-state index contributed by atoms with van der Waals surface area (Å²) in [5.74, 6) is -1.39. The summed E-state index contributed by atoms with van der Waals surface area (Å²) < 4.78 is 23.9. The van der Waals surface area contributed by atoms with E-state index in [1.807, 2.05) is 27.7 Å². The fraction of sp³-hybridized carbons (Fsp3) is 0.900. The van der Waals surface area contributed by atoms with Crippen LogP contribution in [0.5, 0.6) is 0 Å². The molecule has 0 amide bonds. The van der Waals surface area contributed by atoms with E-state index >= 15 is 0 Å². The number of allylic oxidation sites excluding steroid dienone is 1. The average molecular weight is 357 g/mol. The molecule has 1 N–H and O–H groups in total. The summed E-state index contributed by atoms with van der Waals surface area (Å²) in [7, 11) is 0. The fourth-order valence-electron chi connectivity index (χ4n) is 3.60. The lowest BCUT2D eigenvalue weighted by molar-refractivity contribution is -0.175. The van der Waals surface area contributed by atoms with Crippen LogP contribution in [0.4, 0.5) is 0 Å². The van der Waals surface area contributed by atoms with E-state index in [9.17, 15) is 5.11 Å². The lowest BCUT2D eigenvalue weighted by Gasteiger charge is -2.24. The summed E-state index contributed by atoms with van der Waals surface area (Å²) in [6, 6.07) is 0. The molecule has 5 heteroatoms. The van der Waals surface area contributed by atoms with E-state index < -0.39 is 17.7 Å². The van der Waals surface area contributed by atoms with Crippen molar-refractivity contribution in [1.82, 2.24) is 0 Å². The number of aliphatic hydroxyl groups is 1. The standard InChI is InChI=1S/C20H36O5/c1-6-7-8-9-10-11-12-13-15-17(24-19(2,3)22-15)18-16(14-21)23-20(4,5)25-18/h12-13,15-18,21H,6-11,14H2,1-5H3/b13-12-/t15-,16+,17+,18-/m0/s1. The maximum absolute atomic E-state index is 9.64. The minimum Gasteiger partial charge on any atom is -0.394 e. The predicted molar refractivity (Wildman–Crippen MR) is 97.3 cm³/mol. The van der Waals surface area contributed by atoms with Crippen molar-refractivity contribution in [2.75, 3.05) is 6.61 Å². The van der Waals surface area contributed by atoms with Gasteiger partial charge in [-0.05, 0) is 40.5 Å². The van der Waals surface area contributed by atoms with Crippen LogP contribution in [0, 0.1) is 0 Å². The highest BCUT2D eigenvalue weighted by Crippen LogP contribution is 2.38. The molecule has 0 bridgehead atoms. The Labute approximate surface area is 152 Å². The molecule has 2 aliphatic heterocycles. The van der Waals surface area contributed by atoms with Crippen LogP contribution in [0.15, 0.2) is 12.2 Å². The van der Waals surface area contributed by atoms with Crippen molar-refractivity contribution in [1.29, 1.82) is 0 Å². The minimum absolute atomic E-state index is 0.0950. The molecule has 2 fully saturated rings. The molecule has 0 aliphatic carbocycles. The molecule has 25 heavy (non-hydrogen) atoms. The fourth-order valence-corrected chi connectivity index (χ4v) is 3.60. The third-order valence-electron chi connectivity index (χ3n) is 4.69. The van der Waals surface area contributed by atoms with Crippen LogP contribution in [0.3, 0.4) is 0 Å². The molecule has 2 heterocycles. The molecule has 0 unspecified atom stereocenters. The van der Waals surface area contributed by atoms with Crippen LogP contribution in [0.25, 0.3) is 0 Å². The Morgan fingerprint density at radius 1 is 0.840 bits per heavy atom. The molecular weight excluding hydrogens is 320 g/mol. The Bertz CT molecular complexity index is 432. The summed E-state index contributed by atoms with van der Waals surface area (Å²) in [6.07, 6.45) is 10.5. The van der Waals surface area contributed by atoms with E-state index in [2.05, 4.69) is 19.1 Å². The maximum Gasteiger partial charge on any atom is 0.164 e. The monoisotopic (exact) mass is 356 g/mol. The van der Waals surface area contributed by atoms with Gasteiger partial charge < -0.3 is 24.1 Å². The van der Waals surface area contributed by atoms with E-state index in [0.29, 0.717) is 0 Å². The lowest BCUT2D eigenvalue weighted by atomic mass is 10.0. The number of ether oxygens (including phenoxy) is 4. The van der Waals surface area contributed by atoms with E-state index in [1.165, 1.54) is 32.1 Å². The van der Waals surface area contributed by atoms with Crippen LogP contribution < -0.4 is 0 Å². The van der Waals surface area contributed by atoms with Crippen LogP contribution in [0.1, 0.15) is 73.1 Å². The van der Waals surface area contributed by atoms with Crippen molar-refractivity contribution in [3.63, 3.8) is 0 Å². The van der Waals surface area contributed by atoms with Gasteiger partial charge in [-0.15, -0.1) is 0 Å².